The van der Waals surface area contributed by atoms with Crippen LogP contribution in [-0.2, 0) is 33.6 Å². The molecule has 248 valence electrons. The highest BCUT2D eigenvalue weighted by molar-refractivity contribution is 7.80. The van der Waals surface area contributed by atoms with Gasteiger partial charge in [0.15, 0.2) is 5.72 Å². The molecule has 0 aliphatic heterocycles. The van der Waals surface area contributed by atoms with Crippen molar-refractivity contribution >= 4 is 69.2 Å². The number of amides is 3. The Morgan fingerprint density at radius 1 is 1.09 bits per heavy atom. The van der Waals surface area contributed by atoms with E-state index in [1.54, 1.807) is 24.3 Å². The maximum Gasteiger partial charge on any atom is 0.409 e. The zero-order valence-corrected chi connectivity index (χ0v) is 28.6. The van der Waals surface area contributed by atoms with E-state index in [1.165, 1.54) is 12.1 Å². The lowest BCUT2D eigenvalue weighted by Crippen LogP contribution is -2.62. The number of fused-ring (bicyclic) bond motifs is 3. The molecule has 0 saturated carbocycles. The molecule has 0 spiro atoms. The molecular weight excluding hydrogens is 652 g/mol. The minimum absolute atomic E-state index is 0.0640. The molecule has 6 N–H and O–H groups in total. The van der Waals surface area contributed by atoms with Gasteiger partial charge in [0, 0.05) is 28.9 Å². The van der Waals surface area contributed by atoms with Crippen molar-refractivity contribution in [2.75, 3.05) is 0 Å². The van der Waals surface area contributed by atoms with Gasteiger partial charge in [-0.15, -0.1) is 0 Å². The predicted octanol–water partition coefficient (Wildman–Crippen LogP) is 6.12. The Labute approximate surface area is 283 Å². The Balaban J connectivity index is 1.66. The van der Waals surface area contributed by atoms with Gasteiger partial charge in [-0.2, -0.15) is 0 Å². The zero-order valence-electron chi connectivity index (χ0n) is 26.3. The molecule has 46 heavy (non-hydrogen) atoms. The smallest absolute Gasteiger partial charge is 0.409 e. The van der Waals surface area contributed by atoms with Crippen LogP contribution in [0.5, 0.6) is 0 Å². The van der Waals surface area contributed by atoms with Gasteiger partial charge in [-0.05, 0) is 47.6 Å². The number of aryl methyl sites for hydroxylation is 1. The molecule has 1 aliphatic carbocycles. The van der Waals surface area contributed by atoms with Gasteiger partial charge in [-0.3, -0.25) is 9.59 Å². The number of nitrogens with two attached hydrogens (primary N) is 1. The van der Waals surface area contributed by atoms with E-state index < -0.39 is 41.5 Å². The van der Waals surface area contributed by atoms with Crippen molar-refractivity contribution in [2.24, 2.45) is 17.6 Å². The molecule has 2 aromatic carbocycles. The van der Waals surface area contributed by atoms with Crippen LogP contribution >= 0.6 is 35.4 Å². The van der Waals surface area contributed by atoms with Crippen molar-refractivity contribution < 1.29 is 23.5 Å². The first kappa shape index (κ1) is 35.4. The molecule has 1 heterocycles. The predicted molar refractivity (Wildman–Crippen MR) is 182 cm³/mol. The van der Waals surface area contributed by atoms with Gasteiger partial charge in [0.25, 0.3) is 0 Å². The summed E-state index contributed by atoms with van der Waals surface area (Å²) in [6.45, 7) is 7.59. The van der Waals surface area contributed by atoms with Crippen molar-refractivity contribution in [2.45, 2.75) is 84.0 Å². The molecule has 0 fully saturated rings. The van der Waals surface area contributed by atoms with Crippen LogP contribution in [-0.4, -0.2) is 45.7 Å². The summed E-state index contributed by atoms with van der Waals surface area (Å²) in [7, 11) is 0. The van der Waals surface area contributed by atoms with Gasteiger partial charge in [0.05, 0.1) is 28.0 Å². The van der Waals surface area contributed by atoms with Gasteiger partial charge in [0.1, 0.15) is 11.9 Å². The maximum atomic E-state index is 14.3. The fourth-order valence-electron chi connectivity index (χ4n) is 5.77. The van der Waals surface area contributed by atoms with Crippen LogP contribution in [0.3, 0.4) is 0 Å². The third-order valence-electron chi connectivity index (χ3n) is 8.81. The average Bonchev–Trinajstić information content (AvgIpc) is 3.36. The molecule has 1 aliphatic rings. The summed E-state index contributed by atoms with van der Waals surface area (Å²) < 4.78 is 20.4. The summed E-state index contributed by atoms with van der Waals surface area (Å²) in [4.78, 5) is 44.1. The van der Waals surface area contributed by atoms with Crippen molar-refractivity contribution in [3.8, 4) is 0 Å². The molecule has 3 amide bonds. The number of ether oxygens (including phenoxy) is 1. The highest BCUT2D eigenvalue weighted by atomic mass is 35.5. The van der Waals surface area contributed by atoms with Gasteiger partial charge >= 0.3 is 6.09 Å². The van der Waals surface area contributed by atoms with E-state index >= 15 is 0 Å². The Morgan fingerprint density at radius 2 is 1.76 bits per heavy atom. The number of halogens is 3. The minimum atomic E-state index is -1.52. The first-order chi connectivity index (χ1) is 21.8. The largest absolute Gasteiger partial charge is 0.423 e. The molecule has 0 radical (unpaired) electrons. The fourth-order valence-corrected chi connectivity index (χ4v) is 6.60. The van der Waals surface area contributed by atoms with Gasteiger partial charge in [-0.25, -0.2) is 9.18 Å². The highest BCUT2D eigenvalue weighted by Gasteiger charge is 2.44. The van der Waals surface area contributed by atoms with E-state index in [-0.39, 0.29) is 41.7 Å². The van der Waals surface area contributed by atoms with Gasteiger partial charge in [-0.1, -0.05) is 94.2 Å². The molecule has 5 atom stereocenters. The number of rotatable bonds is 12. The van der Waals surface area contributed by atoms with Crippen LogP contribution in [0.15, 0.2) is 36.4 Å². The quantitative estimate of drug-likeness (QED) is 0.115. The van der Waals surface area contributed by atoms with E-state index in [0.717, 1.165) is 16.6 Å². The monoisotopic (exact) mass is 691 g/mol. The lowest BCUT2D eigenvalue weighted by molar-refractivity contribution is -0.136. The van der Waals surface area contributed by atoms with E-state index in [9.17, 15) is 18.8 Å². The number of carbonyl (C=O) groups excluding carboxylic acids is 3. The number of nitrogens with one attached hydrogen (secondary N) is 4. The van der Waals surface area contributed by atoms with Crippen molar-refractivity contribution in [1.82, 2.24) is 20.9 Å². The Kier molecular flexibility index (Phi) is 11.6. The molecule has 0 saturated heterocycles. The van der Waals surface area contributed by atoms with Crippen LogP contribution in [0.1, 0.15) is 63.8 Å². The number of carbonyl (C=O) groups is 3. The number of hydrogen-bond acceptors (Lipinski definition) is 5. The van der Waals surface area contributed by atoms with Gasteiger partial charge < -0.3 is 31.4 Å². The third-order valence-corrected chi connectivity index (χ3v) is 9.58. The second-order valence-corrected chi connectivity index (χ2v) is 13.4. The van der Waals surface area contributed by atoms with Crippen LogP contribution in [0.2, 0.25) is 10.0 Å². The van der Waals surface area contributed by atoms with Crippen molar-refractivity contribution in [1.29, 1.82) is 0 Å². The molecule has 0 bridgehead atoms. The molecule has 9 nitrogen and oxygen atoms in total. The zero-order chi connectivity index (χ0) is 33.8. The van der Waals surface area contributed by atoms with Crippen LogP contribution in [0.4, 0.5) is 9.18 Å². The van der Waals surface area contributed by atoms with E-state index in [0.29, 0.717) is 34.8 Å². The first-order valence-electron chi connectivity index (χ1n) is 15.4. The summed E-state index contributed by atoms with van der Waals surface area (Å²) in [5, 5.41) is 10.1. The van der Waals surface area contributed by atoms with Crippen LogP contribution < -0.4 is 21.7 Å². The third kappa shape index (κ3) is 8.11. The summed E-state index contributed by atoms with van der Waals surface area (Å²) in [5.74, 6) is -1.94. The molecule has 3 aromatic rings. The molecule has 1 aromatic heterocycles. The average molecular weight is 693 g/mol. The number of aromatic amines is 1. The van der Waals surface area contributed by atoms with Crippen molar-refractivity contribution in [3.63, 3.8) is 0 Å². The van der Waals surface area contributed by atoms with E-state index in [4.69, 9.17) is 45.9 Å². The summed E-state index contributed by atoms with van der Waals surface area (Å²) in [5.41, 5.74) is 6.99. The molecule has 13 heteroatoms. The number of thiocarbonyl (C=S) groups is 1. The molecule has 4 rings (SSSR count). The molecular formula is C33H40Cl2FN5O4S. The number of hydrogen-bond donors (Lipinski definition) is 5. The topological polar surface area (TPSA) is 138 Å². The minimum Gasteiger partial charge on any atom is -0.423 e. The second-order valence-electron chi connectivity index (χ2n) is 12.1. The number of H-pyrrole nitrogens is 1. The second kappa shape index (κ2) is 15.0. The Morgan fingerprint density at radius 3 is 2.41 bits per heavy atom. The van der Waals surface area contributed by atoms with Crippen LogP contribution in [0, 0.1) is 17.7 Å². The lowest BCUT2D eigenvalue weighted by atomic mass is 9.87. The standard InChI is InChI=1S/C33H40Cl2FN5O4S/c1-5-17(3)27(30(37)46)40-32(44)45-33(12-11-25-22(16-33)21-14-20(34)15-23(35)29(21)38-25)41-31(43)28(18(4)6-2)39-26(42)13-19-9-7-8-10-24(19)36/h7-10,14-15,17-18,27-28,38H,5-6,11-13,16H2,1-4H3,(H2,37,46)(H,39,42)(H,40,44)(H,41,43)/t17-,18?,27?,28-,33+/m0/s1. The Hall–Kier alpha value is -3.41. The number of alkyl carbamates (subject to hydrolysis) is 1. The highest BCUT2D eigenvalue weighted by Crippen LogP contribution is 2.38. The van der Waals surface area contributed by atoms with Gasteiger partial charge in [0.2, 0.25) is 11.8 Å². The summed E-state index contributed by atoms with van der Waals surface area (Å²) >= 11 is 18.1. The summed E-state index contributed by atoms with van der Waals surface area (Å²) in [6, 6.07) is 7.76. The Bertz CT molecular complexity index is 1630. The number of aromatic nitrogens is 1. The maximum absolute atomic E-state index is 14.3. The van der Waals surface area contributed by atoms with Crippen molar-refractivity contribution in [3.05, 3.63) is 69.1 Å². The fraction of sp³-hybridized carbons (Fsp3) is 0.455. The normalized spacial score (nSPS) is 18.5. The first-order valence-corrected chi connectivity index (χ1v) is 16.6. The molecule has 2 unspecified atom stereocenters. The van der Waals surface area contributed by atoms with E-state index in [1.807, 2.05) is 27.7 Å². The summed E-state index contributed by atoms with van der Waals surface area (Å²) in [6.07, 6.45) is 0.927. The SMILES string of the molecule is CCC(C)[C@H](NC(=O)Cc1ccccc1F)C(=O)N[C@@]1(OC(=O)NC(C(N)=S)[C@@H](C)CC)CCc2[nH]c3c(Cl)cc(Cl)cc3c2C1. The van der Waals surface area contributed by atoms with E-state index in [2.05, 4.69) is 20.9 Å². The lowest BCUT2D eigenvalue weighted by Gasteiger charge is -2.39. The van der Waals surface area contributed by atoms with Crippen LogP contribution in [0.25, 0.3) is 10.9 Å². The number of benzene rings is 2.